The fourth-order valence-corrected chi connectivity index (χ4v) is 3.31. The zero-order valence-corrected chi connectivity index (χ0v) is 15.9. The SMILES string of the molecule is COC(=O)c1ccc(CN2CCN(c3ccc(F)c(Cl)c3)C(=O)C2C)cc1. The molecule has 0 radical (unpaired) electrons. The molecule has 7 heteroatoms. The third-order valence-corrected chi connectivity index (χ3v) is 5.05. The van der Waals surface area contributed by atoms with Gasteiger partial charge in [-0.3, -0.25) is 9.69 Å². The van der Waals surface area contributed by atoms with Gasteiger partial charge in [0.15, 0.2) is 0 Å². The van der Waals surface area contributed by atoms with Crippen molar-refractivity contribution in [1.29, 1.82) is 0 Å². The molecule has 1 saturated heterocycles. The van der Waals surface area contributed by atoms with Crippen LogP contribution in [0.3, 0.4) is 0 Å². The van der Waals surface area contributed by atoms with E-state index in [1.54, 1.807) is 23.1 Å². The number of nitrogens with zero attached hydrogens (tertiary/aromatic N) is 2. The van der Waals surface area contributed by atoms with Crippen molar-refractivity contribution in [2.45, 2.75) is 19.5 Å². The first-order chi connectivity index (χ1) is 12.9. The average Bonchev–Trinajstić information content (AvgIpc) is 2.68. The zero-order valence-electron chi connectivity index (χ0n) is 15.1. The van der Waals surface area contributed by atoms with Crippen LogP contribution < -0.4 is 4.90 Å². The van der Waals surface area contributed by atoms with E-state index in [0.717, 1.165) is 5.56 Å². The normalized spacial score (nSPS) is 17.9. The van der Waals surface area contributed by atoms with Crippen LogP contribution in [-0.4, -0.2) is 43.0 Å². The number of hydrogen-bond acceptors (Lipinski definition) is 4. The van der Waals surface area contributed by atoms with E-state index in [-0.39, 0.29) is 22.9 Å². The summed E-state index contributed by atoms with van der Waals surface area (Å²) in [4.78, 5) is 28.0. The lowest BCUT2D eigenvalue weighted by Crippen LogP contribution is -2.55. The first-order valence-corrected chi connectivity index (χ1v) is 8.96. The molecule has 0 spiro atoms. The average molecular weight is 391 g/mol. The molecule has 0 saturated carbocycles. The van der Waals surface area contributed by atoms with E-state index >= 15 is 0 Å². The van der Waals surface area contributed by atoms with Crippen LogP contribution in [-0.2, 0) is 16.1 Å². The molecule has 1 aliphatic heterocycles. The second-order valence-electron chi connectivity index (χ2n) is 6.42. The Labute approximate surface area is 162 Å². The summed E-state index contributed by atoms with van der Waals surface area (Å²) in [5, 5.41) is 0.000999. The molecule has 1 unspecified atom stereocenters. The van der Waals surface area contributed by atoms with E-state index < -0.39 is 5.82 Å². The van der Waals surface area contributed by atoms with Crippen molar-refractivity contribution >= 4 is 29.2 Å². The van der Waals surface area contributed by atoms with Gasteiger partial charge in [-0.2, -0.15) is 0 Å². The van der Waals surface area contributed by atoms with Crippen LogP contribution in [0.25, 0.3) is 0 Å². The van der Waals surface area contributed by atoms with Gasteiger partial charge in [0.25, 0.3) is 0 Å². The Morgan fingerprint density at radius 2 is 1.93 bits per heavy atom. The molecule has 1 amide bonds. The lowest BCUT2D eigenvalue weighted by atomic mass is 10.1. The summed E-state index contributed by atoms with van der Waals surface area (Å²) in [6.45, 7) is 3.60. The zero-order chi connectivity index (χ0) is 19.6. The van der Waals surface area contributed by atoms with Gasteiger partial charge < -0.3 is 9.64 Å². The van der Waals surface area contributed by atoms with Crippen molar-refractivity contribution in [2.75, 3.05) is 25.1 Å². The number of halogens is 2. The van der Waals surface area contributed by atoms with Crippen molar-refractivity contribution < 1.29 is 18.7 Å². The molecule has 0 aliphatic carbocycles. The molecule has 1 aliphatic rings. The predicted molar refractivity (Wildman–Crippen MR) is 101 cm³/mol. The maximum absolute atomic E-state index is 13.4. The molecule has 0 aromatic heterocycles. The molecule has 2 aromatic carbocycles. The highest BCUT2D eigenvalue weighted by molar-refractivity contribution is 6.31. The van der Waals surface area contributed by atoms with Crippen LogP contribution >= 0.6 is 11.6 Å². The Balaban J connectivity index is 1.69. The number of rotatable bonds is 4. The number of carbonyl (C=O) groups is 2. The van der Waals surface area contributed by atoms with Gasteiger partial charge in [0, 0.05) is 25.3 Å². The van der Waals surface area contributed by atoms with Crippen LogP contribution in [0.4, 0.5) is 10.1 Å². The van der Waals surface area contributed by atoms with Gasteiger partial charge in [-0.1, -0.05) is 23.7 Å². The highest BCUT2D eigenvalue weighted by Crippen LogP contribution is 2.26. The summed E-state index contributed by atoms with van der Waals surface area (Å²) in [5.41, 5.74) is 2.09. The molecular weight excluding hydrogens is 371 g/mol. The molecule has 5 nitrogen and oxygen atoms in total. The van der Waals surface area contributed by atoms with Crippen LogP contribution in [0.5, 0.6) is 0 Å². The molecule has 0 bridgehead atoms. The lowest BCUT2D eigenvalue weighted by molar-refractivity contribution is -0.125. The van der Waals surface area contributed by atoms with E-state index in [1.807, 2.05) is 19.1 Å². The summed E-state index contributed by atoms with van der Waals surface area (Å²) in [7, 11) is 1.34. The quantitative estimate of drug-likeness (QED) is 0.750. The van der Waals surface area contributed by atoms with Gasteiger partial charge in [0.1, 0.15) is 5.82 Å². The molecule has 1 fully saturated rings. The van der Waals surface area contributed by atoms with E-state index in [4.69, 9.17) is 16.3 Å². The summed E-state index contributed by atoms with van der Waals surface area (Å²) < 4.78 is 18.1. The van der Waals surface area contributed by atoms with Crippen molar-refractivity contribution in [1.82, 2.24) is 4.90 Å². The number of hydrogen-bond donors (Lipinski definition) is 0. The number of amides is 1. The predicted octanol–water partition coefficient (Wildman–Crippen LogP) is 3.50. The monoisotopic (exact) mass is 390 g/mol. The van der Waals surface area contributed by atoms with Crippen LogP contribution in [0, 0.1) is 5.82 Å². The number of esters is 1. The number of methoxy groups -OCH3 is 1. The summed E-state index contributed by atoms with van der Waals surface area (Å²) in [6, 6.07) is 11.1. The molecule has 2 aromatic rings. The topological polar surface area (TPSA) is 49.9 Å². The molecular formula is C20H20ClFN2O3. The Bertz CT molecular complexity index is 857. The number of carbonyl (C=O) groups excluding carboxylic acids is 2. The first kappa shape index (κ1) is 19.3. The standard InChI is InChI=1S/C20H20ClFN2O3/c1-13-19(25)24(16-7-8-18(22)17(21)11-16)10-9-23(13)12-14-3-5-15(6-4-14)20(26)27-2/h3-8,11,13H,9-10,12H2,1-2H3. The largest absolute Gasteiger partial charge is 0.465 e. The number of anilines is 1. The van der Waals surface area contributed by atoms with Gasteiger partial charge in [0.2, 0.25) is 5.91 Å². The highest BCUT2D eigenvalue weighted by atomic mass is 35.5. The Hall–Kier alpha value is -2.44. The minimum atomic E-state index is -0.505. The van der Waals surface area contributed by atoms with E-state index in [0.29, 0.717) is 30.9 Å². The van der Waals surface area contributed by atoms with E-state index in [2.05, 4.69) is 4.90 Å². The maximum Gasteiger partial charge on any atom is 0.337 e. The molecule has 1 heterocycles. The van der Waals surface area contributed by atoms with Gasteiger partial charge in [-0.15, -0.1) is 0 Å². The van der Waals surface area contributed by atoms with Crippen molar-refractivity contribution in [3.8, 4) is 0 Å². The first-order valence-electron chi connectivity index (χ1n) is 8.58. The Morgan fingerprint density at radius 3 is 2.56 bits per heavy atom. The van der Waals surface area contributed by atoms with Crippen molar-refractivity contribution in [3.05, 3.63) is 64.4 Å². The van der Waals surface area contributed by atoms with Gasteiger partial charge in [0.05, 0.1) is 23.7 Å². The molecule has 0 N–H and O–H groups in total. The summed E-state index contributed by atoms with van der Waals surface area (Å²) in [6.07, 6.45) is 0. The minimum absolute atomic E-state index is 0.000999. The Kier molecular flexibility index (Phi) is 5.77. The third kappa shape index (κ3) is 4.12. The van der Waals surface area contributed by atoms with Crippen LogP contribution in [0.1, 0.15) is 22.8 Å². The molecule has 1 atom stereocenters. The van der Waals surface area contributed by atoms with Crippen molar-refractivity contribution in [3.63, 3.8) is 0 Å². The molecule has 3 rings (SSSR count). The number of ether oxygens (including phenoxy) is 1. The third-order valence-electron chi connectivity index (χ3n) is 4.76. The summed E-state index contributed by atoms with van der Waals surface area (Å²) >= 11 is 5.84. The van der Waals surface area contributed by atoms with Gasteiger partial charge in [-0.05, 0) is 42.8 Å². The van der Waals surface area contributed by atoms with E-state index in [1.165, 1.54) is 19.2 Å². The Morgan fingerprint density at radius 1 is 1.22 bits per heavy atom. The smallest absolute Gasteiger partial charge is 0.337 e. The van der Waals surface area contributed by atoms with Crippen LogP contribution in [0.2, 0.25) is 5.02 Å². The highest BCUT2D eigenvalue weighted by Gasteiger charge is 2.32. The number of benzene rings is 2. The molecule has 142 valence electrons. The number of piperazine rings is 1. The maximum atomic E-state index is 13.4. The second-order valence-corrected chi connectivity index (χ2v) is 6.83. The van der Waals surface area contributed by atoms with Crippen LogP contribution in [0.15, 0.2) is 42.5 Å². The summed E-state index contributed by atoms with van der Waals surface area (Å²) in [5.74, 6) is -0.943. The van der Waals surface area contributed by atoms with E-state index in [9.17, 15) is 14.0 Å². The second kappa shape index (κ2) is 8.06. The fraction of sp³-hybridized carbons (Fsp3) is 0.300. The molecule has 27 heavy (non-hydrogen) atoms. The van der Waals surface area contributed by atoms with Gasteiger partial charge >= 0.3 is 5.97 Å². The minimum Gasteiger partial charge on any atom is -0.465 e. The van der Waals surface area contributed by atoms with Gasteiger partial charge in [-0.25, -0.2) is 9.18 Å². The fourth-order valence-electron chi connectivity index (χ4n) is 3.14. The lowest BCUT2D eigenvalue weighted by Gasteiger charge is -2.39. The van der Waals surface area contributed by atoms with Crippen molar-refractivity contribution in [2.24, 2.45) is 0 Å².